The predicted molar refractivity (Wildman–Crippen MR) is 118 cm³/mol. The van der Waals surface area contributed by atoms with Crippen LogP contribution in [0.3, 0.4) is 0 Å². The highest BCUT2D eigenvalue weighted by Crippen LogP contribution is 2.23. The van der Waals surface area contributed by atoms with E-state index in [0.717, 1.165) is 50.3 Å². The minimum atomic E-state index is -0.330. The molecule has 0 radical (unpaired) electrons. The fourth-order valence-corrected chi connectivity index (χ4v) is 3.96. The first kappa shape index (κ1) is 22.2. The summed E-state index contributed by atoms with van der Waals surface area (Å²) in [6.45, 7) is 8.66. The van der Waals surface area contributed by atoms with Gasteiger partial charge < -0.3 is 10.1 Å². The number of ether oxygens (including phenoxy) is 1. The molecule has 1 N–H and O–H groups in total. The molecular formula is C24H32FN3O2. The third-order valence-electron chi connectivity index (χ3n) is 5.72. The summed E-state index contributed by atoms with van der Waals surface area (Å²) in [5.74, 6) is -0.0224. The highest BCUT2D eigenvalue weighted by Gasteiger charge is 2.20. The summed E-state index contributed by atoms with van der Waals surface area (Å²) in [4.78, 5) is 17.1. The number of halogens is 1. The van der Waals surface area contributed by atoms with Crippen LogP contribution in [-0.2, 0) is 24.2 Å². The Morgan fingerprint density at radius 2 is 1.67 bits per heavy atom. The molecule has 1 saturated heterocycles. The minimum Gasteiger partial charge on any atom is -0.494 e. The van der Waals surface area contributed by atoms with Gasteiger partial charge in [0.25, 0.3) is 0 Å². The van der Waals surface area contributed by atoms with E-state index in [1.165, 1.54) is 24.3 Å². The summed E-state index contributed by atoms with van der Waals surface area (Å²) in [6, 6.07) is 11.3. The molecule has 1 heterocycles. The zero-order valence-corrected chi connectivity index (χ0v) is 18.2. The number of para-hydroxylation sites is 1. The van der Waals surface area contributed by atoms with E-state index in [2.05, 4.69) is 47.2 Å². The van der Waals surface area contributed by atoms with Gasteiger partial charge >= 0.3 is 0 Å². The highest BCUT2D eigenvalue weighted by atomic mass is 19.1. The maximum absolute atomic E-state index is 13.9. The van der Waals surface area contributed by atoms with Crippen molar-refractivity contribution < 1.29 is 13.9 Å². The number of carbonyl (C=O) groups is 1. The zero-order chi connectivity index (χ0) is 21.5. The van der Waals surface area contributed by atoms with E-state index in [0.29, 0.717) is 13.1 Å². The van der Waals surface area contributed by atoms with Crippen molar-refractivity contribution in [3.63, 3.8) is 0 Å². The average Bonchev–Trinajstić information content (AvgIpc) is 2.75. The van der Waals surface area contributed by atoms with Crippen molar-refractivity contribution in [2.45, 2.75) is 33.2 Å². The van der Waals surface area contributed by atoms with Crippen LogP contribution in [0, 0.1) is 5.82 Å². The van der Waals surface area contributed by atoms with Crippen LogP contribution in [0.25, 0.3) is 0 Å². The third-order valence-corrected chi connectivity index (χ3v) is 5.72. The van der Waals surface area contributed by atoms with Gasteiger partial charge in [-0.25, -0.2) is 4.39 Å². The van der Waals surface area contributed by atoms with E-state index in [1.54, 1.807) is 6.07 Å². The van der Waals surface area contributed by atoms with Crippen molar-refractivity contribution in [1.29, 1.82) is 0 Å². The Balaban J connectivity index is 1.50. The summed E-state index contributed by atoms with van der Waals surface area (Å²) in [7, 11) is 1.47. The van der Waals surface area contributed by atoms with Crippen LogP contribution in [0.1, 0.15) is 30.5 Å². The summed E-state index contributed by atoms with van der Waals surface area (Å²) in [6.07, 6.45) is 1.79. The number of nitrogens with zero attached hydrogens (tertiary/aromatic N) is 2. The maximum atomic E-state index is 13.9. The molecule has 0 unspecified atom stereocenters. The molecule has 1 aliphatic heterocycles. The van der Waals surface area contributed by atoms with Gasteiger partial charge in [0.05, 0.1) is 13.7 Å². The third kappa shape index (κ3) is 5.58. The second-order valence-electron chi connectivity index (χ2n) is 7.73. The van der Waals surface area contributed by atoms with Crippen LogP contribution in [0.4, 0.5) is 10.1 Å². The lowest BCUT2D eigenvalue weighted by molar-refractivity contribution is -0.117. The van der Waals surface area contributed by atoms with E-state index in [9.17, 15) is 9.18 Å². The molecule has 6 heteroatoms. The van der Waals surface area contributed by atoms with Gasteiger partial charge in [0.1, 0.15) is 0 Å². The average molecular weight is 414 g/mol. The number of aryl methyl sites for hydroxylation is 2. The van der Waals surface area contributed by atoms with Crippen molar-refractivity contribution in [2.24, 2.45) is 0 Å². The summed E-state index contributed by atoms with van der Waals surface area (Å²) in [5, 5.41) is 3.15. The molecule has 3 rings (SSSR count). The molecule has 0 saturated carbocycles. The normalized spacial score (nSPS) is 15.2. The van der Waals surface area contributed by atoms with Crippen molar-refractivity contribution in [3.8, 4) is 5.75 Å². The molecule has 0 aliphatic carbocycles. The number of carbonyl (C=O) groups excluding carboxylic acids is 1. The van der Waals surface area contributed by atoms with E-state index >= 15 is 0 Å². The number of benzene rings is 2. The second kappa shape index (κ2) is 10.5. The van der Waals surface area contributed by atoms with Crippen molar-refractivity contribution in [1.82, 2.24) is 9.80 Å². The monoisotopic (exact) mass is 413 g/mol. The van der Waals surface area contributed by atoms with Crippen molar-refractivity contribution in [3.05, 3.63) is 58.9 Å². The molecule has 5 nitrogen and oxygen atoms in total. The van der Waals surface area contributed by atoms with Gasteiger partial charge in [-0.05, 0) is 41.7 Å². The van der Waals surface area contributed by atoms with Gasteiger partial charge in [0.15, 0.2) is 11.6 Å². The molecule has 0 bridgehead atoms. The number of hydrogen-bond acceptors (Lipinski definition) is 4. The Kier molecular flexibility index (Phi) is 7.82. The van der Waals surface area contributed by atoms with Crippen LogP contribution in [0.5, 0.6) is 5.75 Å². The number of rotatable bonds is 8. The van der Waals surface area contributed by atoms with Crippen LogP contribution in [0.15, 0.2) is 36.4 Å². The van der Waals surface area contributed by atoms with E-state index in [1.807, 2.05) is 6.07 Å². The number of piperazine rings is 1. The van der Waals surface area contributed by atoms with Crippen LogP contribution in [-0.4, -0.2) is 55.5 Å². The topological polar surface area (TPSA) is 44.8 Å². The number of amides is 1. The molecule has 2 aromatic carbocycles. The van der Waals surface area contributed by atoms with E-state index < -0.39 is 0 Å². The Hall–Kier alpha value is -2.44. The molecule has 0 spiro atoms. The zero-order valence-electron chi connectivity index (χ0n) is 18.2. The Morgan fingerprint density at radius 1 is 1.03 bits per heavy atom. The molecule has 30 heavy (non-hydrogen) atoms. The molecule has 0 aromatic heterocycles. The Morgan fingerprint density at radius 3 is 2.23 bits per heavy atom. The number of methoxy groups -OCH3 is 1. The highest BCUT2D eigenvalue weighted by molar-refractivity contribution is 5.93. The van der Waals surface area contributed by atoms with Gasteiger partial charge in [-0.3, -0.25) is 14.6 Å². The molecule has 0 atom stereocenters. The lowest BCUT2D eigenvalue weighted by atomic mass is 10.0. The van der Waals surface area contributed by atoms with E-state index in [4.69, 9.17) is 4.74 Å². The molecule has 162 valence electrons. The van der Waals surface area contributed by atoms with Crippen molar-refractivity contribution >= 4 is 11.6 Å². The van der Waals surface area contributed by atoms with Crippen molar-refractivity contribution in [2.75, 3.05) is 45.2 Å². The Labute approximate surface area is 178 Å². The summed E-state index contributed by atoms with van der Waals surface area (Å²) >= 11 is 0. The largest absolute Gasteiger partial charge is 0.494 e. The van der Waals surface area contributed by atoms with Gasteiger partial charge in [-0.1, -0.05) is 38.1 Å². The first-order valence-corrected chi connectivity index (χ1v) is 10.7. The molecular weight excluding hydrogens is 381 g/mol. The first-order valence-electron chi connectivity index (χ1n) is 10.7. The number of hydrogen-bond donors (Lipinski definition) is 1. The lowest BCUT2D eigenvalue weighted by Gasteiger charge is -2.34. The number of nitrogens with one attached hydrogen (secondary N) is 1. The fourth-order valence-electron chi connectivity index (χ4n) is 3.96. The van der Waals surface area contributed by atoms with E-state index in [-0.39, 0.29) is 17.5 Å². The smallest absolute Gasteiger partial charge is 0.238 e. The van der Waals surface area contributed by atoms with Gasteiger partial charge in [-0.2, -0.15) is 0 Å². The number of anilines is 1. The fraction of sp³-hybridized carbons (Fsp3) is 0.458. The minimum absolute atomic E-state index is 0.0382. The summed E-state index contributed by atoms with van der Waals surface area (Å²) in [5.41, 5.74) is 4.27. The molecule has 1 aliphatic rings. The van der Waals surface area contributed by atoms with Gasteiger partial charge in [0.2, 0.25) is 5.91 Å². The van der Waals surface area contributed by atoms with Crippen LogP contribution < -0.4 is 10.1 Å². The lowest BCUT2D eigenvalue weighted by Crippen LogP contribution is -2.48. The quantitative estimate of drug-likeness (QED) is 0.717. The molecule has 1 fully saturated rings. The predicted octanol–water partition coefficient (Wildman–Crippen LogP) is 3.72. The van der Waals surface area contributed by atoms with Crippen LogP contribution >= 0.6 is 0 Å². The Bertz CT molecular complexity index is 841. The van der Waals surface area contributed by atoms with Gasteiger partial charge in [0, 0.05) is 38.4 Å². The second-order valence-corrected chi connectivity index (χ2v) is 7.73. The molecule has 1 amide bonds. The summed E-state index contributed by atoms with van der Waals surface area (Å²) < 4.78 is 18.9. The van der Waals surface area contributed by atoms with Gasteiger partial charge in [-0.15, -0.1) is 0 Å². The standard InChI is InChI=1S/C24H32FN3O2/c1-4-19-7-6-8-20(5-2)24(19)26-23(29)17-28-13-11-27(12-14-28)16-18-9-10-22(30-3)21(25)15-18/h6-10,15H,4-5,11-14,16-17H2,1-3H3,(H,26,29). The first-order chi connectivity index (χ1) is 14.5. The molecule has 2 aromatic rings. The maximum Gasteiger partial charge on any atom is 0.238 e. The van der Waals surface area contributed by atoms with Crippen LogP contribution in [0.2, 0.25) is 0 Å². The SMILES string of the molecule is CCc1cccc(CC)c1NC(=O)CN1CCN(Cc2ccc(OC)c(F)c2)CC1.